The lowest BCUT2D eigenvalue weighted by molar-refractivity contribution is 0.354. The Morgan fingerprint density at radius 3 is 2.36 bits per heavy atom. The summed E-state index contributed by atoms with van der Waals surface area (Å²) in [5.74, 6) is 1.94. The molecule has 0 aliphatic carbocycles. The highest BCUT2D eigenvalue weighted by Crippen LogP contribution is 2.35. The SMILES string of the molecule is COc1ccc(N2CC(N)CC(c3ccc(C)c(C)c3)C2)cc1OC. The van der Waals surface area contributed by atoms with Gasteiger partial charge in [0.15, 0.2) is 11.5 Å². The molecule has 25 heavy (non-hydrogen) atoms. The van der Waals surface area contributed by atoms with Gasteiger partial charge < -0.3 is 20.1 Å². The fourth-order valence-corrected chi connectivity index (χ4v) is 3.63. The molecule has 0 amide bonds. The summed E-state index contributed by atoms with van der Waals surface area (Å²) in [4.78, 5) is 2.36. The van der Waals surface area contributed by atoms with E-state index in [4.69, 9.17) is 15.2 Å². The predicted octanol–water partition coefficient (Wildman–Crippen LogP) is 3.64. The zero-order valence-corrected chi connectivity index (χ0v) is 15.6. The molecule has 1 aliphatic heterocycles. The highest BCUT2D eigenvalue weighted by Gasteiger charge is 2.27. The summed E-state index contributed by atoms with van der Waals surface area (Å²) in [5, 5.41) is 0. The Labute approximate surface area is 150 Å². The van der Waals surface area contributed by atoms with Crippen molar-refractivity contribution in [3.8, 4) is 11.5 Å². The van der Waals surface area contributed by atoms with Crippen LogP contribution in [0.15, 0.2) is 36.4 Å². The van der Waals surface area contributed by atoms with Crippen molar-refractivity contribution in [2.45, 2.75) is 32.2 Å². The van der Waals surface area contributed by atoms with Gasteiger partial charge in [-0.2, -0.15) is 0 Å². The predicted molar refractivity (Wildman–Crippen MR) is 103 cm³/mol. The summed E-state index contributed by atoms with van der Waals surface area (Å²) in [6, 6.07) is 13.0. The van der Waals surface area contributed by atoms with E-state index in [0.29, 0.717) is 5.92 Å². The minimum Gasteiger partial charge on any atom is -0.493 e. The summed E-state index contributed by atoms with van der Waals surface area (Å²) < 4.78 is 10.8. The summed E-state index contributed by atoms with van der Waals surface area (Å²) >= 11 is 0. The van der Waals surface area contributed by atoms with E-state index in [9.17, 15) is 0 Å². The topological polar surface area (TPSA) is 47.7 Å². The Bertz CT molecular complexity index is 745. The number of anilines is 1. The van der Waals surface area contributed by atoms with Crippen LogP contribution in [0.5, 0.6) is 11.5 Å². The number of nitrogens with zero attached hydrogens (tertiary/aromatic N) is 1. The zero-order valence-electron chi connectivity index (χ0n) is 15.6. The van der Waals surface area contributed by atoms with E-state index in [1.54, 1.807) is 14.2 Å². The number of hydrogen-bond acceptors (Lipinski definition) is 4. The molecule has 1 fully saturated rings. The molecule has 134 valence electrons. The highest BCUT2D eigenvalue weighted by molar-refractivity contribution is 5.57. The third kappa shape index (κ3) is 3.74. The van der Waals surface area contributed by atoms with Crippen LogP contribution in [0.3, 0.4) is 0 Å². The second-order valence-corrected chi connectivity index (χ2v) is 6.98. The molecule has 2 unspecified atom stereocenters. The molecule has 0 aromatic heterocycles. The summed E-state index contributed by atoms with van der Waals surface area (Å²) in [5.41, 5.74) is 11.6. The van der Waals surface area contributed by atoms with E-state index < -0.39 is 0 Å². The van der Waals surface area contributed by atoms with E-state index in [1.165, 1.54) is 16.7 Å². The normalized spacial score (nSPS) is 20.4. The van der Waals surface area contributed by atoms with Crippen molar-refractivity contribution in [3.63, 3.8) is 0 Å². The van der Waals surface area contributed by atoms with Gasteiger partial charge in [-0.25, -0.2) is 0 Å². The van der Waals surface area contributed by atoms with Gasteiger partial charge >= 0.3 is 0 Å². The van der Waals surface area contributed by atoms with E-state index >= 15 is 0 Å². The number of aryl methyl sites for hydroxylation is 2. The molecule has 2 atom stereocenters. The van der Waals surface area contributed by atoms with Gasteiger partial charge in [-0.05, 0) is 49.1 Å². The van der Waals surface area contributed by atoms with Gasteiger partial charge in [-0.3, -0.25) is 0 Å². The molecule has 2 aromatic rings. The lowest BCUT2D eigenvalue weighted by atomic mass is 9.87. The lowest BCUT2D eigenvalue weighted by Gasteiger charge is -2.38. The first-order valence-electron chi connectivity index (χ1n) is 8.81. The van der Waals surface area contributed by atoms with Crippen molar-refractivity contribution in [2.75, 3.05) is 32.2 Å². The number of hydrogen-bond donors (Lipinski definition) is 1. The van der Waals surface area contributed by atoms with Gasteiger partial charge in [-0.1, -0.05) is 18.2 Å². The van der Waals surface area contributed by atoms with Crippen molar-refractivity contribution in [3.05, 3.63) is 53.1 Å². The number of rotatable bonds is 4. The monoisotopic (exact) mass is 340 g/mol. The van der Waals surface area contributed by atoms with E-state index in [1.807, 2.05) is 12.1 Å². The lowest BCUT2D eigenvalue weighted by Crippen LogP contribution is -2.46. The quantitative estimate of drug-likeness (QED) is 0.923. The van der Waals surface area contributed by atoms with Crippen molar-refractivity contribution < 1.29 is 9.47 Å². The second-order valence-electron chi connectivity index (χ2n) is 6.98. The fourth-order valence-electron chi connectivity index (χ4n) is 3.63. The average molecular weight is 340 g/mol. The second kappa shape index (κ2) is 7.36. The molecule has 0 radical (unpaired) electrons. The first-order valence-corrected chi connectivity index (χ1v) is 8.81. The molecule has 2 N–H and O–H groups in total. The number of piperidine rings is 1. The fraction of sp³-hybridized carbons (Fsp3) is 0.429. The van der Waals surface area contributed by atoms with Gasteiger partial charge in [0.05, 0.1) is 14.2 Å². The van der Waals surface area contributed by atoms with Crippen molar-refractivity contribution in [1.82, 2.24) is 0 Å². The smallest absolute Gasteiger partial charge is 0.162 e. The number of methoxy groups -OCH3 is 2. The van der Waals surface area contributed by atoms with Crippen LogP contribution < -0.4 is 20.1 Å². The van der Waals surface area contributed by atoms with Gasteiger partial charge in [0.25, 0.3) is 0 Å². The Morgan fingerprint density at radius 1 is 0.920 bits per heavy atom. The van der Waals surface area contributed by atoms with Crippen LogP contribution >= 0.6 is 0 Å². The average Bonchev–Trinajstić information content (AvgIpc) is 2.62. The van der Waals surface area contributed by atoms with Gasteiger partial charge in [0, 0.05) is 36.8 Å². The third-order valence-electron chi connectivity index (χ3n) is 5.22. The molecule has 1 aliphatic rings. The van der Waals surface area contributed by atoms with Crippen LogP contribution in [0.25, 0.3) is 0 Å². The molecular weight excluding hydrogens is 312 g/mol. The molecule has 0 bridgehead atoms. The van der Waals surface area contributed by atoms with E-state index in [2.05, 4.69) is 43.0 Å². The number of benzene rings is 2. The molecule has 4 nitrogen and oxygen atoms in total. The first-order chi connectivity index (χ1) is 12.0. The van der Waals surface area contributed by atoms with Crippen LogP contribution in [0, 0.1) is 13.8 Å². The Morgan fingerprint density at radius 2 is 1.68 bits per heavy atom. The Hall–Kier alpha value is -2.20. The van der Waals surface area contributed by atoms with Crippen molar-refractivity contribution in [1.29, 1.82) is 0 Å². The zero-order chi connectivity index (χ0) is 18.0. The van der Waals surface area contributed by atoms with Crippen LogP contribution in [0.1, 0.15) is 29.0 Å². The Kier molecular flexibility index (Phi) is 5.19. The highest BCUT2D eigenvalue weighted by atomic mass is 16.5. The first kappa shape index (κ1) is 17.6. The minimum absolute atomic E-state index is 0.161. The molecule has 0 spiro atoms. The van der Waals surface area contributed by atoms with Crippen molar-refractivity contribution >= 4 is 5.69 Å². The van der Waals surface area contributed by atoms with Gasteiger partial charge in [-0.15, -0.1) is 0 Å². The number of nitrogens with two attached hydrogens (primary N) is 1. The Balaban J connectivity index is 1.86. The molecular formula is C21H28N2O2. The van der Waals surface area contributed by atoms with E-state index in [0.717, 1.165) is 36.7 Å². The standard InChI is InChI=1S/C21H28N2O2/c1-14-5-6-16(9-15(14)2)17-10-18(22)13-23(12-17)19-7-8-20(24-3)21(11-19)25-4/h5-9,11,17-18H,10,12-13,22H2,1-4H3. The summed E-state index contributed by atoms with van der Waals surface area (Å²) in [6.07, 6.45) is 1.02. The van der Waals surface area contributed by atoms with Crippen LogP contribution in [0.2, 0.25) is 0 Å². The maximum Gasteiger partial charge on any atom is 0.162 e. The van der Waals surface area contributed by atoms with Crippen LogP contribution in [0.4, 0.5) is 5.69 Å². The molecule has 2 aromatic carbocycles. The number of ether oxygens (including phenoxy) is 2. The molecule has 1 saturated heterocycles. The molecule has 4 heteroatoms. The van der Waals surface area contributed by atoms with Gasteiger partial charge in [0.1, 0.15) is 0 Å². The minimum atomic E-state index is 0.161. The largest absolute Gasteiger partial charge is 0.493 e. The van der Waals surface area contributed by atoms with Crippen LogP contribution in [-0.2, 0) is 0 Å². The maximum absolute atomic E-state index is 6.39. The van der Waals surface area contributed by atoms with E-state index in [-0.39, 0.29) is 6.04 Å². The summed E-state index contributed by atoms with van der Waals surface area (Å²) in [6.45, 7) is 6.15. The third-order valence-corrected chi connectivity index (χ3v) is 5.22. The molecule has 3 rings (SSSR count). The van der Waals surface area contributed by atoms with Gasteiger partial charge in [0.2, 0.25) is 0 Å². The summed E-state index contributed by atoms with van der Waals surface area (Å²) in [7, 11) is 3.32. The van der Waals surface area contributed by atoms with Crippen LogP contribution in [-0.4, -0.2) is 33.4 Å². The molecule has 0 saturated carbocycles. The maximum atomic E-state index is 6.39. The molecule has 1 heterocycles. The van der Waals surface area contributed by atoms with Crippen molar-refractivity contribution in [2.24, 2.45) is 5.73 Å².